The van der Waals surface area contributed by atoms with Crippen LogP contribution in [0.25, 0.3) is 11.3 Å². The molecule has 2 unspecified atom stereocenters. The fraction of sp³-hybridized carbons (Fsp3) is 0.333. The maximum atomic E-state index is 13.6. The predicted molar refractivity (Wildman–Crippen MR) is 174 cm³/mol. The zero-order valence-corrected chi connectivity index (χ0v) is 26.1. The summed E-state index contributed by atoms with van der Waals surface area (Å²) in [5.74, 6) is 1.26. The molecule has 2 N–H and O–H groups in total. The molecule has 3 aromatic carbocycles. The number of halogens is 1. The minimum atomic E-state index is -0.224. The Bertz CT molecular complexity index is 1570. The zero-order chi connectivity index (χ0) is 30.9. The molecule has 0 saturated carbocycles. The smallest absolute Gasteiger partial charge is 0.253 e. The molecule has 4 aromatic rings. The molecule has 1 aliphatic rings. The van der Waals surface area contributed by atoms with Crippen molar-refractivity contribution >= 4 is 17.5 Å². The van der Waals surface area contributed by atoms with Crippen LogP contribution >= 0.6 is 11.6 Å². The Morgan fingerprint density at radius 1 is 1.02 bits per heavy atom. The number of nitrogens with zero attached hydrogens (tertiary/aromatic N) is 2. The molecule has 1 aromatic heterocycles. The van der Waals surface area contributed by atoms with Gasteiger partial charge >= 0.3 is 0 Å². The number of nitrogens with one attached hydrogen (secondary N) is 2. The highest BCUT2D eigenvalue weighted by Gasteiger charge is 2.20. The van der Waals surface area contributed by atoms with Crippen molar-refractivity contribution in [2.24, 2.45) is 0 Å². The molecule has 1 fully saturated rings. The first kappa shape index (κ1) is 31.5. The van der Waals surface area contributed by atoms with Crippen LogP contribution in [0.1, 0.15) is 57.8 Å². The normalized spacial score (nSPS) is 15.0. The summed E-state index contributed by atoms with van der Waals surface area (Å²) in [6.07, 6.45) is 1.42. The number of hydrogen-bond acceptors (Lipinski definition) is 6. The monoisotopic (exact) mass is 610 g/mol. The van der Waals surface area contributed by atoms with Crippen LogP contribution in [0.2, 0.25) is 5.02 Å². The molecule has 0 aliphatic carbocycles. The topological polar surface area (TPSA) is 90.5 Å². The number of hydrogen-bond donors (Lipinski definition) is 2. The number of nitriles is 1. The molecule has 7 nitrogen and oxygen atoms in total. The van der Waals surface area contributed by atoms with Crippen LogP contribution in [0.5, 0.6) is 0 Å². The standard InChI is InChI=1S/C36H39ClN4O3/c1-25-3-9-29(10-4-25)26(2)39-24-32-12-14-35(44-32)30-11-13-34(37)33(22-30)36(42)40-31(15-16-41-17-19-43-20-18-41)21-27-5-7-28(23-38)8-6-27/h3-14,22,26,31,39H,15-21,24H2,1-2H3,(H,40,42). The summed E-state index contributed by atoms with van der Waals surface area (Å²) in [5, 5.41) is 16.3. The first-order chi connectivity index (χ1) is 21.4. The highest BCUT2D eigenvalue weighted by atomic mass is 35.5. The highest BCUT2D eigenvalue weighted by molar-refractivity contribution is 6.34. The molecule has 228 valence electrons. The Balaban J connectivity index is 1.26. The van der Waals surface area contributed by atoms with Crippen LogP contribution in [-0.2, 0) is 17.7 Å². The number of amides is 1. The van der Waals surface area contributed by atoms with Crippen molar-refractivity contribution in [2.75, 3.05) is 32.8 Å². The molecular weight excluding hydrogens is 572 g/mol. The van der Waals surface area contributed by atoms with Gasteiger partial charge in [-0.2, -0.15) is 5.26 Å². The molecule has 8 heteroatoms. The SMILES string of the molecule is Cc1ccc(C(C)NCc2ccc(-c3ccc(Cl)c(C(=O)NC(CCN4CCOCC4)Cc4ccc(C#N)cc4)c3)o2)cc1. The van der Waals surface area contributed by atoms with E-state index in [1.54, 1.807) is 12.1 Å². The summed E-state index contributed by atoms with van der Waals surface area (Å²) < 4.78 is 11.6. The molecule has 2 heterocycles. The summed E-state index contributed by atoms with van der Waals surface area (Å²) >= 11 is 6.56. The van der Waals surface area contributed by atoms with Crippen LogP contribution in [0.4, 0.5) is 0 Å². The molecule has 2 atom stereocenters. The quantitative estimate of drug-likeness (QED) is 0.186. The fourth-order valence-electron chi connectivity index (χ4n) is 5.36. The van der Waals surface area contributed by atoms with E-state index in [-0.39, 0.29) is 18.0 Å². The number of morpholine rings is 1. The molecule has 5 rings (SSSR count). The summed E-state index contributed by atoms with van der Waals surface area (Å²) in [5.41, 5.74) is 5.33. The molecule has 1 saturated heterocycles. The Morgan fingerprint density at radius 3 is 2.50 bits per heavy atom. The first-order valence-corrected chi connectivity index (χ1v) is 15.5. The molecule has 1 aliphatic heterocycles. The predicted octanol–water partition coefficient (Wildman–Crippen LogP) is 6.69. The molecule has 1 amide bonds. The third kappa shape index (κ3) is 8.58. The number of ether oxygens (including phenoxy) is 1. The van der Waals surface area contributed by atoms with Crippen LogP contribution in [0.3, 0.4) is 0 Å². The average molecular weight is 611 g/mol. The van der Waals surface area contributed by atoms with Gasteiger partial charge in [0.15, 0.2) is 0 Å². The number of aryl methyl sites for hydroxylation is 1. The lowest BCUT2D eigenvalue weighted by Crippen LogP contribution is -2.42. The van der Waals surface area contributed by atoms with E-state index in [9.17, 15) is 10.1 Å². The second-order valence-electron chi connectivity index (χ2n) is 11.4. The lowest BCUT2D eigenvalue weighted by atomic mass is 10.0. The second kappa shape index (κ2) is 15.2. The van der Waals surface area contributed by atoms with Gasteiger partial charge in [-0.1, -0.05) is 53.6 Å². The van der Waals surface area contributed by atoms with Gasteiger partial charge in [0.05, 0.1) is 42.0 Å². The summed E-state index contributed by atoms with van der Waals surface area (Å²) in [6, 6.07) is 27.5. The van der Waals surface area contributed by atoms with Crippen molar-refractivity contribution in [1.82, 2.24) is 15.5 Å². The van der Waals surface area contributed by atoms with E-state index >= 15 is 0 Å². The maximum absolute atomic E-state index is 13.6. The van der Waals surface area contributed by atoms with Crippen molar-refractivity contribution in [3.8, 4) is 17.4 Å². The zero-order valence-electron chi connectivity index (χ0n) is 25.3. The minimum absolute atomic E-state index is 0.116. The van der Waals surface area contributed by atoms with Gasteiger partial charge in [0.25, 0.3) is 5.91 Å². The molecular formula is C36H39ClN4O3. The highest BCUT2D eigenvalue weighted by Crippen LogP contribution is 2.28. The van der Waals surface area contributed by atoms with Gasteiger partial charge < -0.3 is 19.8 Å². The average Bonchev–Trinajstić information content (AvgIpc) is 3.53. The van der Waals surface area contributed by atoms with Crippen molar-refractivity contribution in [3.63, 3.8) is 0 Å². The van der Waals surface area contributed by atoms with E-state index in [0.717, 1.165) is 56.2 Å². The third-order valence-corrected chi connectivity index (χ3v) is 8.44. The van der Waals surface area contributed by atoms with Crippen molar-refractivity contribution in [2.45, 2.75) is 45.3 Å². The fourth-order valence-corrected chi connectivity index (χ4v) is 5.56. The van der Waals surface area contributed by atoms with E-state index in [0.29, 0.717) is 34.9 Å². The van der Waals surface area contributed by atoms with Gasteiger partial charge in [-0.3, -0.25) is 9.69 Å². The number of carbonyl (C=O) groups excluding carboxylic acids is 1. The summed E-state index contributed by atoms with van der Waals surface area (Å²) in [7, 11) is 0. The van der Waals surface area contributed by atoms with Gasteiger partial charge in [0, 0.05) is 37.3 Å². The van der Waals surface area contributed by atoms with E-state index in [1.165, 1.54) is 11.1 Å². The van der Waals surface area contributed by atoms with Crippen molar-refractivity contribution in [3.05, 3.63) is 117 Å². The Morgan fingerprint density at radius 2 is 1.77 bits per heavy atom. The van der Waals surface area contributed by atoms with E-state index in [4.69, 9.17) is 20.8 Å². The van der Waals surface area contributed by atoms with Gasteiger partial charge in [-0.15, -0.1) is 0 Å². The number of carbonyl (C=O) groups is 1. The molecule has 44 heavy (non-hydrogen) atoms. The van der Waals surface area contributed by atoms with Crippen LogP contribution in [0, 0.1) is 18.3 Å². The molecule has 0 radical (unpaired) electrons. The minimum Gasteiger partial charge on any atom is -0.460 e. The van der Waals surface area contributed by atoms with E-state index in [1.807, 2.05) is 42.5 Å². The van der Waals surface area contributed by atoms with Gasteiger partial charge in [-0.05, 0) is 80.3 Å². The first-order valence-electron chi connectivity index (χ1n) is 15.2. The van der Waals surface area contributed by atoms with Crippen LogP contribution in [-0.4, -0.2) is 49.7 Å². The van der Waals surface area contributed by atoms with Crippen LogP contribution in [0.15, 0.2) is 83.3 Å². The van der Waals surface area contributed by atoms with Gasteiger partial charge in [-0.25, -0.2) is 0 Å². The van der Waals surface area contributed by atoms with Gasteiger partial charge in [0.2, 0.25) is 0 Å². The van der Waals surface area contributed by atoms with Crippen LogP contribution < -0.4 is 10.6 Å². The summed E-state index contributed by atoms with van der Waals surface area (Å²) in [6.45, 7) is 8.87. The Labute approximate surface area is 264 Å². The largest absolute Gasteiger partial charge is 0.460 e. The van der Waals surface area contributed by atoms with Gasteiger partial charge in [0.1, 0.15) is 11.5 Å². The maximum Gasteiger partial charge on any atom is 0.253 e. The summed E-state index contributed by atoms with van der Waals surface area (Å²) in [4.78, 5) is 16.0. The Hall–Kier alpha value is -3.93. The van der Waals surface area contributed by atoms with Crippen molar-refractivity contribution < 1.29 is 13.9 Å². The third-order valence-electron chi connectivity index (χ3n) is 8.11. The van der Waals surface area contributed by atoms with Crippen molar-refractivity contribution in [1.29, 1.82) is 5.26 Å². The van der Waals surface area contributed by atoms with E-state index in [2.05, 4.69) is 59.7 Å². The second-order valence-corrected chi connectivity index (χ2v) is 11.8. The molecule has 0 bridgehead atoms. The lowest BCUT2D eigenvalue weighted by Gasteiger charge is -2.29. The number of furan rings is 1. The number of rotatable bonds is 12. The Kier molecular flexibility index (Phi) is 10.9. The van der Waals surface area contributed by atoms with E-state index < -0.39 is 0 Å². The number of benzene rings is 3. The molecule has 0 spiro atoms. The lowest BCUT2D eigenvalue weighted by molar-refractivity contribution is 0.0360.